The Kier molecular flexibility index (Phi) is 5.76. The molecular formula is C17H23F2N3O3S. The highest BCUT2D eigenvalue weighted by Crippen LogP contribution is 2.23. The number of piperidine rings is 1. The largest absolute Gasteiger partial charge is 0.338 e. The van der Waals surface area contributed by atoms with Gasteiger partial charge in [0, 0.05) is 32.2 Å². The fourth-order valence-electron chi connectivity index (χ4n) is 3.59. The molecule has 2 aliphatic heterocycles. The molecule has 0 radical (unpaired) electrons. The maximum Gasteiger partial charge on any atom is 0.317 e. The summed E-state index contributed by atoms with van der Waals surface area (Å²) in [5.74, 6) is -0.842. The summed E-state index contributed by atoms with van der Waals surface area (Å²) in [5.41, 5.74) is 0.213. The van der Waals surface area contributed by atoms with Gasteiger partial charge in [-0.1, -0.05) is 0 Å². The van der Waals surface area contributed by atoms with Gasteiger partial charge in [0.25, 0.3) is 0 Å². The third-order valence-corrected chi connectivity index (χ3v) is 6.91. The number of urea groups is 1. The average molecular weight is 387 g/mol. The topological polar surface area (TPSA) is 69.7 Å². The first kappa shape index (κ1) is 19.0. The number of rotatable bonds is 4. The number of benzene rings is 1. The fourth-order valence-corrected chi connectivity index (χ4v) is 5.36. The fraction of sp³-hybridized carbons (Fsp3) is 0.588. The van der Waals surface area contributed by atoms with Crippen molar-refractivity contribution in [1.29, 1.82) is 0 Å². The molecule has 0 bridgehead atoms. The van der Waals surface area contributed by atoms with Crippen molar-refractivity contribution in [2.75, 3.05) is 31.9 Å². The van der Waals surface area contributed by atoms with Crippen molar-refractivity contribution in [3.8, 4) is 0 Å². The summed E-state index contributed by atoms with van der Waals surface area (Å²) in [5, 5.41) is 2.71. The number of carbonyl (C=O) groups excluding carboxylic acids is 1. The quantitative estimate of drug-likeness (QED) is 0.855. The molecule has 2 fully saturated rings. The van der Waals surface area contributed by atoms with E-state index >= 15 is 0 Å². The van der Waals surface area contributed by atoms with Crippen LogP contribution < -0.4 is 5.32 Å². The number of halogens is 2. The monoisotopic (exact) mass is 387 g/mol. The van der Waals surface area contributed by atoms with E-state index in [0.29, 0.717) is 26.1 Å². The lowest BCUT2D eigenvalue weighted by molar-refractivity contribution is 0.153. The van der Waals surface area contributed by atoms with E-state index in [0.717, 1.165) is 31.0 Å². The number of nitrogens with one attached hydrogen (secondary N) is 1. The summed E-state index contributed by atoms with van der Waals surface area (Å²) in [6, 6.07) is 2.76. The van der Waals surface area contributed by atoms with Crippen molar-refractivity contribution >= 4 is 16.1 Å². The molecule has 0 aliphatic carbocycles. The molecule has 2 amide bonds. The van der Waals surface area contributed by atoms with Crippen LogP contribution in [-0.4, -0.2) is 61.6 Å². The summed E-state index contributed by atoms with van der Waals surface area (Å²) in [6.45, 7) is 1.62. The molecule has 0 saturated carbocycles. The molecule has 1 aromatic carbocycles. The van der Waals surface area contributed by atoms with Gasteiger partial charge in [0.15, 0.2) is 0 Å². The molecule has 0 aromatic heterocycles. The molecule has 1 atom stereocenters. The Bertz CT molecular complexity index is 773. The van der Waals surface area contributed by atoms with Crippen LogP contribution in [0.25, 0.3) is 0 Å². The predicted octanol–water partition coefficient (Wildman–Crippen LogP) is 1.72. The standard InChI is InChI=1S/C17H23F2N3O3S/c18-14-4-5-16(19)13(11-14)6-7-20-17(23)21-8-1-3-15(12-21)22-9-2-10-26(22,24)25/h4-5,11,15H,1-3,6-10,12H2,(H,20,23). The Hall–Kier alpha value is -1.74. The molecule has 2 saturated heterocycles. The van der Waals surface area contributed by atoms with Crippen LogP contribution in [0.3, 0.4) is 0 Å². The number of amides is 2. The smallest absolute Gasteiger partial charge is 0.317 e. The van der Waals surface area contributed by atoms with Crippen LogP contribution in [0.5, 0.6) is 0 Å². The van der Waals surface area contributed by atoms with Gasteiger partial charge < -0.3 is 10.2 Å². The first-order valence-electron chi connectivity index (χ1n) is 8.83. The number of sulfonamides is 1. The maximum absolute atomic E-state index is 13.6. The third kappa shape index (κ3) is 4.32. The van der Waals surface area contributed by atoms with Crippen LogP contribution in [0.1, 0.15) is 24.8 Å². The van der Waals surface area contributed by atoms with Crippen molar-refractivity contribution in [3.05, 3.63) is 35.4 Å². The van der Waals surface area contributed by atoms with Gasteiger partial charge in [-0.05, 0) is 49.4 Å². The molecular weight excluding hydrogens is 364 g/mol. The third-order valence-electron chi connectivity index (χ3n) is 4.91. The van der Waals surface area contributed by atoms with Gasteiger partial charge in [0.05, 0.1) is 5.75 Å². The normalized spacial score (nSPS) is 23.2. The summed E-state index contributed by atoms with van der Waals surface area (Å²) < 4.78 is 52.4. The van der Waals surface area contributed by atoms with Crippen molar-refractivity contribution in [3.63, 3.8) is 0 Å². The van der Waals surface area contributed by atoms with E-state index in [4.69, 9.17) is 0 Å². The number of likely N-dealkylation sites (tertiary alicyclic amines) is 1. The highest BCUT2D eigenvalue weighted by molar-refractivity contribution is 7.89. The van der Waals surface area contributed by atoms with E-state index in [-0.39, 0.29) is 36.4 Å². The second-order valence-electron chi connectivity index (χ2n) is 6.74. The van der Waals surface area contributed by atoms with E-state index in [2.05, 4.69) is 5.32 Å². The van der Waals surface area contributed by atoms with Gasteiger partial charge in [0.2, 0.25) is 10.0 Å². The number of nitrogens with zero attached hydrogens (tertiary/aromatic N) is 2. The van der Waals surface area contributed by atoms with Crippen LogP contribution in [0.2, 0.25) is 0 Å². The molecule has 9 heteroatoms. The molecule has 6 nitrogen and oxygen atoms in total. The van der Waals surface area contributed by atoms with Crippen LogP contribution in [0, 0.1) is 11.6 Å². The summed E-state index contributed by atoms with van der Waals surface area (Å²) >= 11 is 0. The van der Waals surface area contributed by atoms with Gasteiger partial charge in [0.1, 0.15) is 11.6 Å². The van der Waals surface area contributed by atoms with Gasteiger partial charge in [-0.25, -0.2) is 22.0 Å². The minimum absolute atomic E-state index is 0.175. The predicted molar refractivity (Wildman–Crippen MR) is 93.2 cm³/mol. The lowest BCUT2D eigenvalue weighted by atomic mass is 10.1. The Morgan fingerprint density at radius 3 is 2.77 bits per heavy atom. The lowest BCUT2D eigenvalue weighted by Gasteiger charge is -2.36. The van der Waals surface area contributed by atoms with E-state index in [1.165, 1.54) is 4.31 Å². The molecule has 1 aromatic rings. The van der Waals surface area contributed by atoms with Crippen LogP contribution in [0.15, 0.2) is 18.2 Å². The molecule has 0 spiro atoms. The second kappa shape index (κ2) is 7.87. The molecule has 2 aliphatic rings. The van der Waals surface area contributed by atoms with E-state index < -0.39 is 21.7 Å². The van der Waals surface area contributed by atoms with E-state index in [9.17, 15) is 22.0 Å². The van der Waals surface area contributed by atoms with Crippen molar-refractivity contribution in [1.82, 2.24) is 14.5 Å². The number of carbonyl (C=O) groups is 1. The zero-order valence-corrected chi connectivity index (χ0v) is 15.3. The molecule has 26 heavy (non-hydrogen) atoms. The number of hydrogen-bond acceptors (Lipinski definition) is 3. The molecule has 1 N–H and O–H groups in total. The molecule has 144 valence electrons. The highest BCUT2D eigenvalue weighted by Gasteiger charge is 2.37. The summed E-state index contributed by atoms with van der Waals surface area (Å²) in [4.78, 5) is 13.9. The van der Waals surface area contributed by atoms with E-state index in [1.54, 1.807) is 4.90 Å². The lowest BCUT2D eigenvalue weighted by Crippen LogP contribution is -2.52. The SMILES string of the molecule is O=C(NCCc1cc(F)ccc1F)N1CCCC(N2CCCS2(=O)=O)C1. The van der Waals surface area contributed by atoms with Crippen LogP contribution in [-0.2, 0) is 16.4 Å². The molecule has 2 heterocycles. The van der Waals surface area contributed by atoms with E-state index in [1.807, 2.05) is 0 Å². The average Bonchev–Trinajstić information content (AvgIpc) is 2.97. The first-order valence-corrected chi connectivity index (χ1v) is 10.4. The number of hydrogen-bond donors (Lipinski definition) is 1. The Balaban J connectivity index is 1.52. The zero-order chi connectivity index (χ0) is 18.7. The minimum atomic E-state index is -3.20. The molecule has 3 rings (SSSR count). The van der Waals surface area contributed by atoms with Gasteiger partial charge >= 0.3 is 6.03 Å². The highest BCUT2D eigenvalue weighted by atomic mass is 32.2. The van der Waals surface area contributed by atoms with Crippen molar-refractivity contribution in [2.45, 2.75) is 31.7 Å². The van der Waals surface area contributed by atoms with Crippen molar-refractivity contribution in [2.24, 2.45) is 0 Å². The van der Waals surface area contributed by atoms with Gasteiger partial charge in [-0.2, -0.15) is 4.31 Å². The van der Waals surface area contributed by atoms with Gasteiger partial charge in [-0.3, -0.25) is 0 Å². The summed E-state index contributed by atoms with van der Waals surface area (Å²) in [7, 11) is -3.20. The molecule has 1 unspecified atom stereocenters. The Morgan fingerprint density at radius 2 is 2.04 bits per heavy atom. The van der Waals surface area contributed by atoms with Crippen LogP contribution >= 0.6 is 0 Å². The Morgan fingerprint density at radius 1 is 1.23 bits per heavy atom. The maximum atomic E-state index is 13.6. The van der Waals surface area contributed by atoms with Crippen molar-refractivity contribution < 1.29 is 22.0 Å². The van der Waals surface area contributed by atoms with Gasteiger partial charge in [-0.15, -0.1) is 0 Å². The Labute approximate surface area is 152 Å². The second-order valence-corrected chi connectivity index (χ2v) is 8.78. The minimum Gasteiger partial charge on any atom is -0.338 e. The van der Waals surface area contributed by atoms with Crippen LogP contribution in [0.4, 0.5) is 13.6 Å². The summed E-state index contributed by atoms with van der Waals surface area (Å²) in [6.07, 6.45) is 2.30. The first-order chi connectivity index (χ1) is 12.4. The zero-order valence-electron chi connectivity index (χ0n) is 14.5.